The minimum atomic E-state index is -0.348. The van der Waals surface area contributed by atoms with E-state index in [1.807, 2.05) is 0 Å². The van der Waals surface area contributed by atoms with Crippen LogP contribution in [0.1, 0.15) is 32.1 Å². The molecule has 3 nitrogen and oxygen atoms in total. The van der Waals surface area contributed by atoms with E-state index >= 15 is 0 Å². The molecule has 3 heteroatoms. The molecule has 0 aliphatic carbocycles. The van der Waals surface area contributed by atoms with Crippen molar-refractivity contribution in [3.8, 4) is 0 Å². The molecule has 0 aromatic rings. The molecule has 3 heterocycles. The number of aliphatic hydroxyl groups is 1. The van der Waals surface area contributed by atoms with Crippen LogP contribution in [0.3, 0.4) is 0 Å². The van der Waals surface area contributed by atoms with E-state index in [2.05, 4.69) is 18.0 Å². The standard InChI is InChI=1S/C13H21NO2/c1-14-10-4-5-11(14)8-9(7-10)13(15)12-3-2-6-16-12/h3,9-11,13,15H,2,4-8H2,1H3. The second kappa shape index (κ2) is 4.04. The van der Waals surface area contributed by atoms with Crippen LogP contribution in [0.15, 0.2) is 11.8 Å². The van der Waals surface area contributed by atoms with E-state index in [1.54, 1.807) is 0 Å². The Labute approximate surface area is 97.1 Å². The second-order valence-corrected chi connectivity index (χ2v) is 5.47. The number of hydrogen-bond donors (Lipinski definition) is 1. The summed E-state index contributed by atoms with van der Waals surface area (Å²) in [6.07, 6.45) is 7.56. The maximum atomic E-state index is 10.3. The maximum absolute atomic E-state index is 10.3. The molecule has 2 bridgehead atoms. The van der Waals surface area contributed by atoms with Gasteiger partial charge in [-0.05, 0) is 44.7 Å². The molecular formula is C13H21NO2. The van der Waals surface area contributed by atoms with Crippen LogP contribution in [0.25, 0.3) is 0 Å². The van der Waals surface area contributed by atoms with Gasteiger partial charge in [0, 0.05) is 18.5 Å². The molecule has 2 fully saturated rings. The van der Waals surface area contributed by atoms with Crippen molar-refractivity contribution >= 4 is 0 Å². The van der Waals surface area contributed by atoms with Crippen LogP contribution < -0.4 is 0 Å². The first-order valence-corrected chi connectivity index (χ1v) is 6.48. The van der Waals surface area contributed by atoms with Gasteiger partial charge in [-0.15, -0.1) is 0 Å². The first-order valence-electron chi connectivity index (χ1n) is 6.48. The predicted molar refractivity (Wildman–Crippen MR) is 62.0 cm³/mol. The Balaban J connectivity index is 1.68. The zero-order chi connectivity index (χ0) is 11.1. The summed E-state index contributed by atoms with van der Waals surface area (Å²) in [4.78, 5) is 2.51. The van der Waals surface area contributed by atoms with Crippen LogP contribution in [0.5, 0.6) is 0 Å². The Bertz CT molecular complexity index is 288. The summed E-state index contributed by atoms with van der Waals surface area (Å²) in [5.41, 5.74) is 0. The van der Waals surface area contributed by atoms with Crippen LogP contribution in [-0.4, -0.2) is 41.8 Å². The quantitative estimate of drug-likeness (QED) is 0.770. The summed E-state index contributed by atoms with van der Waals surface area (Å²) in [6, 6.07) is 1.39. The minimum absolute atomic E-state index is 0.348. The van der Waals surface area contributed by atoms with E-state index in [9.17, 15) is 5.11 Å². The van der Waals surface area contributed by atoms with Crippen molar-refractivity contribution in [1.82, 2.24) is 4.90 Å². The molecule has 0 saturated carbocycles. The van der Waals surface area contributed by atoms with Gasteiger partial charge in [0.05, 0.1) is 6.61 Å². The lowest BCUT2D eigenvalue weighted by atomic mass is 9.86. The van der Waals surface area contributed by atoms with Gasteiger partial charge in [0.25, 0.3) is 0 Å². The fourth-order valence-corrected chi connectivity index (χ4v) is 3.59. The van der Waals surface area contributed by atoms with Crippen LogP contribution in [0, 0.1) is 5.92 Å². The molecule has 3 unspecified atom stereocenters. The number of piperidine rings is 1. The lowest BCUT2D eigenvalue weighted by Crippen LogP contribution is -2.43. The van der Waals surface area contributed by atoms with Crippen LogP contribution in [-0.2, 0) is 4.74 Å². The molecule has 0 amide bonds. The van der Waals surface area contributed by atoms with E-state index in [1.165, 1.54) is 12.8 Å². The third kappa shape index (κ3) is 1.66. The van der Waals surface area contributed by atoms with Crippen molar-refractivity contribution < 1.29 is 9.84 Å². The summed E-state index contributed by atoms with van der Waals surface area (Å²) in [6.45, 7) is 0.756. The molecule has 3 rings (SSSR count). The number of hydrogen-bond acceptors (Lipinski definition) is 3. The van der Waals surface area contributed by atoms with E-state index < -0.39 is 0 Å². The van der Waals surface area contributed by atoms with Crippen molar-refractivity contribution in [3.63, 3.8) is 0 Å². The van der Waals surface area contributed by atoms with Crippen LogP contribution >= 0.6 is 0 Å². The lowest BCUT2D eigenvalue weighted by molar-refractivity contribution is 0.0244. The number of fused-ring (bicyclic) bond motifs is 2. The third-order valence-electron chi connectivity index (χ3n) is 4.60. The topological polar surface area (TPSA) is 32.7 Å². The summed E-state index contributed by atoms with van der Waals surface area (Å²) in [5.74, 6) is 1.26. The normalized spacial score (nSPS) is 40.6. The summed E-state index contributed by atoms with van der Waals surface area (Å²) < 4.78 is 5.48. The Kier molecular flexibility index (Phi) is 2.68. The minimum Gasteiger partial charge on any atom is -0.495 e. The lowest BCUT2D eigenvalue weighted by Gasteiger charge is -2.38. The molecule has 3 atom stereocenters. The molecule has 1 N–H and O–H groups in total. The van der Waals surface area contributed by atoms with Gasteiger partial charge >= 0.3 is 0 Å². The first kappa shape index (κ1) is 10.6. The van der Waals surface area contributed by atoms with Gasteiger partial charge in [-0.2, -0.15) is 0 Å². The molecule has 3 aliphatic rings. The number of aliphatic hydroxyl groups excluding tert-OH is 1. The molecule has 2 saturated heterocycles. The van der Waals surface area contributed by atoms with Crippen LogP contribution in [0.4, 0.5) is 0 Å². The fourth-order valence-electron chi connectivity index (χ4n) is 3.59. The van der Waals surface area contributed by atoms with Gasteiger partial charge in [-0.1, -0.05) is 0 Å². The average Bonchev–Trinajstić information content (AvgIpc) is 2.85. The highest BCUT2D eigenvalue weighted by atomic mass is 16.5. The number of nitrogens with zero attached hydrogens (tertiary/aromatic N) is 1. The van der Waals surface area contributed by atoms with Crippen molar-refractivity contribution in [2.75, 3.05) is 13.7 Å². The van der Waals surface area contributed by atoms with Gasteiger partial charge in [-0.3, -0.25) is 0 Å². The Hall–Kier alpha value is -0.540. The van der Waals surface area contributed by atoms with Gasteiger partial charge in [0.15, 0.2) is 0 Å². The zero-order valence-electron chi connectivity index (χ0n) is 9.93. The highest BCUT2D eigenvalue weighted by Crippen LogP contribution is 2.40. The van der Waals surface area contributed by atoms with Crippen molar-refractivity contribution in [1.29, 1.82) is 0 Å². The monoisotopic (exact) mass is 223 g/mol. The van der Waals surface area contributed by atoms with E-state index in [0.29, 0.717) is 18.0 Å². The maximum Gasteiger partial charge on any atom is 0.121 e. The van der Waals surface area contributed by atoms with E-state index in [-0.39, 0.29) is 6.10 Å². The largest absolute Gasteiger partial charge is 0.495 e. The third-order valence-corrected chi connectivity index (χ3v) is 4.60. The summed E-state index contributed by atoms with van der Waals surface area (Å²) in [7, 11) is 2.23. The van der Waals surface area contributed by atoms with Gasteiger partial charge in [0.2, 0.25) is 0 Å². The molecule has 16 heavy (non-hydrogen) atoms. The Morgan fingerprint density at radius 1 is 1.38 bits per heavy atom. The number of ether oxygens (including phenoxy) is 1. The SMILES string of the molecule is CN1C2CCC1CC(C(O)C1=CCCO1)C2. The molecular weight excluding hydrogens is 202 g/mol. The second-order valence-electron chi connectivity index (χ2n) is 5.47. The predicted octanol–water partition coefficient (Wildman–Crippen LogP) is 1.52. The van der Waals surface area contributed by atoms with Gasteiger partial charge in [0.1, 0.15) is 11.9 Å². The van der Waals surface area contributed by atoms with Crippen molar-refractivity contribution in [3.05, 3.63) is 11.8 Å². The van der Waals surface area contributed by atoms with Crippen molar-refractivity contribution in [2.45, 2.75) is 50.3 Å². The first-order chi connectivity index (χ1) is 7.75. The average molecular weight is 223 g/mol. The highest BCUT2D eigenvalue weighted by Gasteiger charge is 2.41. The smallest absolute Gasteiger partial charge is 0.121 e. The van der Waals surface area contributed by atoms with Gasteiger partial charge in [-0.25, -0.2) is 0 Å². The molecule has 0 aromatic heterocycles. The Morgan fingerprint density at radius 3 is 2.62 bits per heavy atom. The molecule has 0 spiro atoms. The fraction of sp³-hybridized carbons (Fsp3) is 0.846. The number of rotatable bonds is 2. The zero-order valence-corrected chi connectivity index (χ0v) is 9.93. The van der Waals surface area contributed by atoms with Crippen molar-refractivity contribution in [2.24, 2.45) is 5.92 Å². The van der Waals surface area contributed by atoms with Crippen LogP contribution in [0.2, 0.25) is 0 Å². The van der Waals surface area contributed by atoms with E-state index in [4.69, 9.17) is 4.74 Å². The molecule has 0 aromatic carbocycles. The van der Waals surface area contributed by atoms with E-state index in [0.717, 1.165) is 31.6 Å². The van der Waals surface area contributed by atoms with Gasteiger partial charge < -0.3 is 14.7 Å². The summed E-state index contributed by atoms with van der Waals surface area (Å²) >= 11 is 0. The molecule has 0 radical (unpaired) electrons. The Morgan fingerprint density at radius 2 is 2.06 bits per heavy atom. The molecule has 3 aliphatic heterocycles. The molecule has 90 valence electrons. The summed E-state index contributed by atoms with van der Waals surface area (Å²) in [5, 5.41) is 10.3. The highest BCUT2D eigenvalue weighted by molar-refractivity contribution is 5.08.